The molecule has 8 nitrogen and oxygen atoms in total. The monoisotopic (exact) mass is 379 g/mol. The fraction of sp³-hybridized carbons (Fsp3) is 0.588. The van der Waals surface area contributed by atoms with Crippen molar-refractivity contribution in [2.75, 3.05) is 0 Å². The van der Waals surface area contributed by atoms with Crippen LogP contribution in [0.25, 0.3) is 0 Å². The number of aromatic amines is 1. The van der Waals surface area contributed by atoms with Gasteiger partial charge in [0.2, 0.25) is 10.0 Å². The van der Waals surface area contributed by atoms with Gasteiger partial charge in [-0.05, 0) is 59.4 Å². The molecule has 0 spiro atoms. The molecule has 0 aromatic carbocycles. The zero-order valence-electron chi connectivity index (χ0n) is 15.5. The van der Waals surface area contributed by atoms with E-state index in [9.17, 15) is 8.42 Å². The summed E-state index contributed by atoms with van der Waals surface area (Å²) in [5, 5.41) is 6.69. The molecule has 0 saturated heterocycles. The number of ether oxygens (including phenoxy) is 1. The molecular weight excluding hydrogens is 354 g/mol. The van der Waals surface area contributed by atoms with Gasteiger partial charge in [-0.1, -0.05) is 0 Å². The lowest BCUT2D eigenvalue weighted by atomic mass is 9.94. The third kappa shape index (κ3) is 4.21. The summed E-state index contributed by atoms with van der Waals surface area (Å²) in [5.41, 5.74) is 2.79. The van der Waals surface area contributed by atoms with E-state index in [1.165, 1.54) is 0 Å². The Hall–Kier alpha value is -2.00. The van der Waals surface area contributed by atoms with Crippen LogP contribution in [0.1, 0.15) is 48.5 Å². The zero-order valence-corrected chi connectivity index (χ0v) is 16.4. The number of sulfonamides is 1. The molecule has 1 fully saturated rings. The second kappa shape index (κ2) is 7.32. The van der Waals surface area contributed by atoms with Crippen LogP contribution in [-0.4, -0.2) is 40.7 Å². The van der Waals surface area contributed by atoms with Gasteiger partial charge in [-0.3, -0.25) is 5.10 Å². The van der Waals surface area contributed by atoms with Crippen LogP contribution >= 0.6 is 0 Å². The van der Waals surface area contributed by atoms with Gasteiger partial charge in [0.05, 0.1) is 11.4 Å². The van der Waals surface area contributed by atoms with Gasteiger partial charge in [0.25, 0.3) is 0 Å². The number of nitrogens with zero attached hydrogens (tertiary/aromatic N) is 3. The van der Waals surface area contributed by atoms with Crippen LogP contribution in [0.3, 0.4) is 0 Å². The highest BCUT2D eigenvalue weighted by Gasteiger charge is 2.29. The Morgan fingerprint density at radius 3 is 2.23 bits per heavy atom. The molecule has 9 heteroatoms. The van der Waals surface area contributed by atoms with Crippen molar-refractivity contribution < 1.29 is 13.2 Å². The number of aromatic nitrogens is 4. The maximum Gasteiger partial charge on any atom is 0.317 e. The van der Waals surface area contributed by atoms with Gasteiger partial charge in [0, 0.05) is 17.4 Å². The van der Waals surface area contributed by atoms with Gasteiger partial charge in [0.15, 0.2) is 0 Å². The highest BCUT2D eigenvalue weighted by Crippen LogP contribution is 2.25. The largest absolute Gasteiger partial charge is 0.460 e. The van der Waals surface area contributed by atoms with Crippen LogP contribution in [0.15, 0.2) is 11.0 Å². The first-order valence-corrected chi connectivity index (χ1v) is 10.3. The van der Waals surface area contributed by atoms with Gasteiger partial charge < -0.3 is 4.74 Å². The standard InChI is InChI=1S/C17H25N5O3S/c1-10-9-11(2)19-17(18-10)25-15-7-5-14(6-8-15)22-26(23,24)16-12(3)20-21-13(16)4/h9,14-15,22H,5-8H2,1-4H3,(H,20,21). The van der Waals surface area contributed by atoms with Crippen molar-refractivity contribution in [1.29, 1.82) is 0 Å². The summed E-state index contributed by atoms with van der Waals surface area (Å²) in [6, 6.07) is 2.20. The number of hydrogen-bond acceptors (Lipinski definition) is 6. The molecule has 1 aliphatic rings. The van der Waals surface area contributed by atoms with Gasteiger partial charge in [-0.25, -0.2) is 23.1 Å². The summed E-state index contributed by atoms with van der Waals surface area (Å²) in [4.78, 5) is 8.86. The van der Waals surface area contributed by atoms with Crippen LogP contribution < -0.4 is 9.46 Å². The summed E-state index contributed by atoms with van der Waals surface area (Å²) in [5.74, 6) is 0. The zero-order chi connectivity index (χ0) is 18.9. The van der Waals surface area contributed by atoms with Crippen molar-refractivity contribution in [3.63, 3.8) is 0 Å². The van der Waals surface area contributed by atoms with E-state index in [2.05, 4.69) is 24.9 Å². The highest BCUT2D eigenvalue weighted by atomic mass is 32.2. The Kier molecular flexibility index (Phi) is 5.29. The third-order valence-corrected chi connectivity index (χ3v) is 6.34. The summed E-state index contributed by atoms with van der Waals surface area (Å²) < 4.78 is 34.0. The number of nitrogens with one attached hydrogen (secondary N) is 2. The Morgan fingerprint density at radius 2 is 1.69 bits per heavy atom. The predicted octanol–water partition coefficient (Wildman–Crippen LogP) is 2.10. The van der Waals surface area contributed by atoms with Gasteiger partial charge in [-0.2, -0.15) is 5.10 Å². The molecule has 1 aliphatic carbocycles. The lowest BCUT2D eigenvalue weighted by Crippen LogP contribution is -2.40. The van der Waals surface area contributed by atoms with Gasteiger partial charge in [-0.15, -0.1) is 0 Å². The normalized spacial score (nSPS) is 20.9. The molecule has 0 atom stereocenters. The molecule has 0 bridgehead atoms. The van der Waals surface area contributed by atoms with Crippen molar-refractivity contribution in [2.45, 2.75) is 70.4 Å². The number of hydrogen-bond donors (Lipinski definition) is 2. The first-order valence-electron chi connectivity index (χ1n) is 8.77. The SMILES string of the molecule is Cc1cc(C)nc(OC2CCC(NS(=O)(=O)c3c(C)n[nH]c3C)CC2)n1. The molecule has 2 heterocycles. The van der Waals surface area contributed by atoms with E-state index in [1.54, 1.807) is 13.8 Å². The minimum atomic E-state index is -3.57. The van der Waals surface area contributed by atoms with Gasteiger partial charge >= 0.3 is 6.01 Å². The molecule has 2 aromatic heterocycles. The van der Waals surface area contributed by atoms with E-state index < -0.39 is 10.0 Å². The molecule has 2 N–H and O–H groups in total. The van der Waals surface area contributed by atoms with Crippen LogP contribution in [0, 0.1) is 27.7 Å². The van der Waals surface area contributed by atoms with Crippen LogP contribution in [-0.2, 0) is 10.0 Å². The minimum Gasteiger partial charge on any atom is -0.460 e. The highest BCUT2D eigenvalue weighted by molar-refractivity contribution is 7.89. The van der Waals surface area contributed by atoms with E-state index in [0.29, 0.717) is 30.2 Å². The molecule has 3 rings (SSSR count). The second-order valence-electron chi connectivity index (χ2n) is 6.91. The Bertz CT molecular complexity index is 846. The third-order valence-electron chi connectivity index (χ3n) is 4.56. The predicted molar refractivity (Wildman–Crippen MR) is 96.6 cm³/mol. The second-order valence-corrected chi connectivity index (χ2v) is 8.56. The fourth-order valence-electron chi connectivity index (χ4n) is 3.41. The smallest absolute Gasteiger partial charge is 0.317 e. The van der Waals surface area contributed by atoms with E-state index in [1.807, 2.05) is 19.9 Å². The summed E-state index contributed by atoms with van der Waals surface area (Å²) >= 11 is 0. The average Bonchev–Trinajstić information content (AvgIpc) is 2.87. The van der Waals surface area contributed by atoms with E-state index >= 15 is 0 Å². The Balaban J connectivity index is 1.58. The summed E-state index contributed by atoms with van der Waals surface area (Å²) in [6.07, 6.45) is 2.95. The number of aryl methyl sites for hydroxylation is 4. The molecule has 0 aliphatic heterocycles. The van der Waals surface area contributed by atoms with Crippen LogP contribution in [0.5, 0.6) is 6.01 Å². The molecule has 0 unspecified atom stereocenters. The Labute approximate surface area is 153 Å². The summed E-state index contributed by atoms with van der Waals surface area (Å²) in [6.45, 7) is 7.22. The van der Waals surface area contributed by atoms with Crippen molar-refractivity contribution >= 4 is 10.0 Å². The topological polar surface area (TPSA) is 110 Å². The van der Waals surface area contributed by atoms with Crippen LogP contribution in [0.4, 0.5) is 0 Å². The lowest BCUT2D eigenvalue weighted by Gasteiger charge is -2.28. The molecule has 2 aromatic rings. The van der Waals surface area contributed by atoms with Crippen molar-refractivity contribution in [1.82, 2.24) is 24.9 Å². The van der Waals surface area contributed by atoms with Crippen molar-refractivity contribution in [2.24, 2.45) is 0 Å². The number of rotatable bonds is 5. The molecule has 26 heavy (non-hydrogen) atoms. The summed E-state index contributed by atoms with van der Waals surface area (Å²) in [7, 11) is -3.57. The van der Waals surface area contributed by atoms with Crippen LogP contribution in [0.2, 0.25) is 0 Å². The maximum atomic E-state index is 12.6. The van der Waals surface area contributed by atoms with Crippen molar-refractivity contribution in [3.05, 3.63) is 28.8 Å². The first-order chi connectivity index (χ1) is 12.2. The van der Waals surface area contributed by atoms with E-state index in [0.717, 1.165) is 24.2 Å². The Morgan fingerprint density at radius 1 is 1.08 bits per heavy atom. The minimum absolute atomic E-state index is 0.00866. The van der Waals surface area contributed by atoms with E-state index in [-0.39, 0.29) is 17.0 Å². The molecule has 1 saturated carbocycles. The molecular formula is C17H25N5O3S. The molecule has 0 radical (unpaired) electrons. The first kappa shape index (κ1) is 18.8. The van der Waals surface area contributed by atoms with Gasteiger partial charge in [0.1, 0.15) is 11.0 Å². The average molecular weight is 379 g/mol. The lowest BCUT2D eigenvalue weighted by molar-refractivity contribution is 0.131. The van der Waals surface area contributed by atoms with E-state index in [4.69, 9.17) is 4.74 Å². The quantitative estimate of drug-likeness (QED) is 0.823. The van der Waals surface area contributed by atoms with Crippen molar-refractivity contribution in [3.8, 4) is 6.01 Å². The molecule has 142 valence electrons. The molecule has 0 amide bonds. The fourth-order valence-corrected chi connectivity index (χ4v) is 5.08. The maximum absolute atomic E-state index is 12.6. The number of H-pyrrole nitrogens is 1.